The summed E-state index contributed by atoms with van der Waals surface area (Å²) < 4.78 is 10.3. The minimum Gasteiger partial charge on any atom is -0.497 e. The molecule has 0 bridgehead atoms. The van der Waals surface area contributed by atoms with Gasteiger partial charge in [0, 0.05) is 6.21 Å². The van der Waals surface area contributed by atoms with Crippen LogP contribution >= 0.6 is 0 Å². The minimum atomic E-state index is 0.827. The fourth-order valence-electron chi connectivity index (χ4n) is 1.54. The van der Waals surface area contributed by atoms with Gasteiger partial charge in [-0.05, 0) is 42.0 Å². The lowest BCUT2D eigenvalue weighted by atomic mass is 10.2. The lowest BCUT2D eigenvalue weighted by Crippen LogP contribution is -1.85. The summed E-state index contributed by atoms with van der Waals surface area (Å²) >= 11 is 0. The van der Waals surface area contributed by atoms with E-state index in [1.165, 1.54) is 0 Å². The fourth-order valence-corrected chi connectivity index (χ4v) is 1.54. The van der Waals surface area contributed by atoms with Crippen LogP contribution in [0.5, 0.6) is 11.5 Å². The van der Waals surface area contributed by atoms with Crippen molar-refractivity contribution in [2.75, 3.05) is 14.2 Å². The van der Waals surface area contributed by atoms with Gasteiger partial charge in [0.25, 0.3) is 0 Å². The number of hydrogen-bond donors (Lipinski definition) is 0. The van der Waals surface area contributed by atoms with Crippen LogP contribution in [0.4, 0.5) is 5.69 Å². The Labute approximate surface area is 107 Å². The molecule has 0 fully saturated rings. The largest absolute Gasteiger partial charge is 0.497 e. The molecule has 0 saturated heterocycles. The van der Waals surface area contributed by atoms with E-state index in [2.05, 4.69) is 4.99 Å². The number of ether oxygens (including phenoxy) is 2. The van der Waals surface area contributed by atoms with Crippen LogP contribution in [0, 0.1) is 0 Å². The van der Waals surface area contributed by atoms with Gasteiger partial charge in [-0.1, -0.05) is 12.1 Å². The Morgan fingerprint density at radius 1 is 0.889 bits per heavy atom. The predicted octanol–water partition coefficient (Wildman–Crippen LogP) is 3.45. The maximum atomic E-state index is 5.16. The standard InChI is InChI=1S/C15H15NO2/c1-17-14-8-6-13(7-9-14)16-11-12-4-3-5-15(10-12)18-2/h3-11H,1-2H3. The zero-order valence-electron chi connectivity index (χ0n) is 10.5. The summed E-state index contributed by atoms with van der Waals surface area (Å²) in [6.07, 6.45) is 1.81. The Bertz CT molecular complexity index is 532. The molecule has 3 nitrogen and oxygen atoms in total. The average Bonchev–Trinajstić information content (AvgIpc) is 2.46. The van der Waals surface area contributed by atoms with E-state index >= 15 is 0 Å². The van der Waals surface area contributed by atoms with Crippen LogP contribution in [0.2, 0.25) is 0 Å². The lowest BCUT2D eigenvalue weighted by Gasteiger charge is -2.00. The van der Waals surface area contributed by atoms with Gasteiger partial charge in [-0.25, -0.2) is 0 Å². The second-order valence-corrected chi connectivity index (χ2v) is 3.73. The third-order valence-electron chi connectivity index (χ3n) is 2.53. The number of nitrogens with zero attached hydrogens (tertiary/aromatic N) is 1. The van der Waals surface area contributed by atoms with Crippen LogP contribution < -0.4 is 9.47 Å². The normalized spacial score (nSPS) is 10.6. The van der Waals surface area contributed by atoms with Gasteiger partial charge in [-0.15, -0.1) is 0 Å². The van der Waals surface area contributed by atoms with Gasteiger partial charge in [0.1, 0.15) is 11.5 Å². The van der Waals surface area contributed by atoms with E-state index in [0.717, 1.165) is 22.7 Å². The van der Waals surface area contributed by atoms with Crippen molar-refractivity contribution in [3.05, 3.63) is 54.1 Å². The molecule has 0 spiro atoms. The summed E-state index contributed by atoms with van der Waals surface area (Å²) in [5.74, 6) is 1.66. The van der Waals surface area contributed by atoms with Crippen LogP contribution in [-0.4, -0.2) is 20.4 Å². The second kappa shape index (κ2) is 5.87. The first-order valence-corrected chi connectivity index (χ1v) is 5.64. The Hall–Kier alpha value is -2.29. The summed E-state index contributed by atoms with van der Waals surface area (Å²) in [6, 6.07) is 15.4. The highest BCUT2D eigenvalue weighted by atomic mass is 16.5. The molecule has 0 radical (unpaired) electrons. The Kier molecular flexibility index (Phi) is 3.97. The van der Waals surface area contributed by atoms with Gasteiger partial charge in [-0.2, -0.15) is 0 Å². The highest BCUT2D eigenvalue weighted by molar-refractivity contribution is 5.82. The molecule has 0 aliphatic carbocycles. The van der Waals surface area contributed by atoms with Crippen LogP contribution in [0.25, 0.3) is 0 Å². The van der Waals surface area contributed by atoms with Gasteiger partial charge >= 0.3 is 0 Å². The zero-order chi connectivity index (χ0) is 12.8. The van der Waals surface area contributed by atoms with E-state index in [9.17, 15) is 0 Å². The smallest absolute Gasteiger partial charge is 0.119 e. The maximum Gasteiger partial charge on any atom is 0.119 e. The molecule has 0 aromatic heterocycles. The second-order valence-electron chi connectivity index (χ2n) is 3.73. The first-order valence-electron chi connectivity index (χ1n) is 5.64. The lowest BCUT2D eigenvalue weighted by molar-refractivity contribution is 0.414. The zero-order valence-corrected chi connectivity index (χ0v) is 10.5. The van der Waals surface area contributed by atoms with E-state index in [1.807, 2.05) is 54.7 Å². The van der Waals surface area contributed by atoms with Crippen LogP contribution in [0.15, 0.2) is 53.5 Å². The average molecular weight is 241 g/mol. The maximum absolute atomic E-state index is 5.16. The van der Waals surface area contributed by atoms with Crippen molar-refractivity contribution >= 4 is 11.9 Å². The summed E-state index contributed by atoms with van der Waals surface area (Å²) in [5, 5.41) is 0. The molecule has 0 amide bonds. The molecule has 18 heavy (non-hydrogen) atoms. The molecule has 0 unspecified atom stereocenters. The monoisotopic (exact) mass is 241 g/mol. The van der Waals surface area contributed by atoms with Crippen LogP contribution in [-0.2, 0) is 0 Å². The molecule has 0 saturated carbocycles. The van der Waals surface area contributed by atoms with Crippen molar-refractivity contribution in [3.8, 4) is 11.5 Å². The van der Waals surface area contributed by atoms with Crippen molar-refractivity contribution in [2.45, 2.75) is 0 Å². The molecule has 0 aliphatic rings. The SMILES string of the molecule is COc1ccc(N=Cc2cccc(OC)c2)cc1. The Morgan fingerprint density at radius 3 is 2.28 bits per heavy atom. The first kappa shape index (κ1) is 12.2. The van der Waals surface area contributed by atoms with Gasteiger partial charge in [0.15, 0.2) is 0 Å². The van der Waals surface area contributed by atoms with E-state index in [1.54, 1.807) is 14.2 Å². The molecular weight excluding hydrogens is 226 g/mol. The molecule has 92 valence electrons. The third kappa shape index (κ3) is 3.10. The van der Waals surface area contributed by atoms with E-state index in [-0.39, 0.29) is 0 Å². The molecule has 2 aromatic carbocycles. The van der Waals surface area contributed by atoms with Gasteiger partial charge in [0.05, 0.1) is 19.9 Å². The first-order chi connectivity index (χ1) is 8.81. The number of aliphatic imine (C=N–C) groups is 1. The fraction of sp³-hybridized carbons (Fsp3) is 0.133. The van der Waals surface area contributed by atoms with Gasteiger partial charge in [0.2, 0.25) is 0 Å². The van der Waals surface area contributed by atoms with Crippen LogP contribution in [0.3, 0.4) is 0 Å². The summed E-state index contributed by atoms with van der Waals surface area (Å²) in [7, 11) is 3.30. The molecule has 0 atom stereocenters. The quantitative estimate of drug-likeness (QED) is 0.767. The van der Waals surface area contributed by atoms with Gasteiger partial charge < -0.3 is 9.47 Å². The Balaban J connectivity index is 2.13. The third-order valence-corrected chi connectivity index (χ3v) is 2.53. The highest BCUT2D eigenvalue weighted by Gasteiger charge is 1.93. The van der Waals surface area contributed by atoms with E-state index in [4.69, 9.17) is 9.47 Å². The number of methoxy groups -OCH3 is 2. The van der Waals surface area contributed by atoms with Crippen molar-refractivity contribution in [3.63, 3.8) is 0 Å². The van der Waals surface area contributed by atoms with Crippen molar-refractivity contribution < 1.29 is 9.47 Å². The van der Waals surface area contributed by atoms with E-state index < -0.39 is 0 Å². The molecule has 2 aromatic rings. The van der Waals surface area contributed by atoms with Gasteiger partial charge in [-0.3, -0.25) is 4.99 Å². The predicted molar refractivity (Wildman–Crippen MR) is 73.2 cm³/mol. The molecule has 0 heterocycles. The summed E-state index contributed by atoms with van der Waals surface area (Å²) in [6.45, 7) is 0. The summed E-state index contributed by atoms with van der Waals surface area (Å²) in [4.78, 5) is 4.39. The Morgan fingerprint density at radius 2 is 1.61 bits per heavy atom. The van der Waals surface area contributed by atoms with E-state index in [0.29, 0.717) is 0 Å². The molecule has 0 aliphatic heterocycles. The van der Waals surface area contributed by atoms with Crippen molar-refractivity contribution in [2.24, 2.45) is 4.99 Å². The number of rotatable bonds is 4. The number of benzene rings is 2. The van der Waals surface area contributed by atoms with Crippen molar-refractivity contribution in [1.82, 2.24) is 0 Å². The molecular formula is C15H15NO2. The summed E-state index contributed by atoms with van der Waals surface area (Å²) in [5.41, 5.74) is 1.89. The van der Waals surface area contributed by atoms with Crippen molar-refractivity contribution in [1.29, 1.82) is 0 Å². The highest BCUT2D eigenvalue weighted by Crippen LogP contribution is 2.18. The molecule has 0 N–H and O–H groups in total. The minimum absolute atomic E-state index is 0.827. The molecule has 3 heteroatoms. The molecule has 2 rings (SSSR count). The van der Waals surface area contributed by atoms with Crippen LogP contribution in [0.1, 0.15) is 5.56 Å². The topological polar surface area (TPSA) is 30.8 Å². The number of hydrogen-bond acceptors (Lipinski definition) is 3.